The van der Waals surface area contributed by atoms with Gasteiger partial charge in [0, 0.05) is 5.92 Å². The SMILES string of the molecule is [B]C1=C(C)[C@@H]2C3NC(=O)NC32C=C1. The third-order valence-electron chi connectivity index (χ3n) is 3.33. The zero-order valence-electron chi connectivity index (χ0n) is 7.29. The fourth-order valence-corrected chi connectivity index (χ4v) is 2.54. The Morgan fingerprint density at radius 2 is 2.38 bits per heavy atom. The zero-order valence-corrected chi connectivity index (χ0v) is 7.29. The van der Waals surface area contributed by atoms with E-state index in [0.717, 1.165) is 5.47 Å². The van der Waals surface area contributed by atoms with E-state index in [9.17, 15) is 4.79 Å². The molecule has 0 aromatic rings. The number of nitrogens with one attached hydrogen (secondary N) is 2. The molecule has 2 N–H and O–H groups in total. The van der Waals surface area contributed by atoms with E-state index in [0.29, 0.717) is 5.92 Å². The molecule has 1 spiro atoms. The highest BCUT2D eigenvalue weighted by atomic mass is 16.2. The van der Waals surface area contributed by atoms with Gasteiger partial charge in [-0.05, 0) is 6.92 Å². The second-order valence-corrected chi connectivity index (χ2v) is 3.96. The van der Waals surface area contributed by atoms with Gasteiger partial charge in [0.1, 0.15) is 7.85 Å². The highest BCUT2D eigenvalue weighted by Crippen LogP contribution is 2.54. The summed E-state index contributed by atoms with van der Waals surface area (Å²) in [5.41, 5.74) is 1.87. The molecule has 2 aliphatic carbocycles. The predicted octanol–water partition coefficient (Wildman–Crippen LogP) is 0.0487. The van der Waals surface area contributed by atoms with Gasteiger partial charge in [-0.25, -0.2) is 4.79 Å². The highest BCUT2D eigenvalue weighted by Gasteiger charge is 2.70. The van der Waals surface area contributed by atoms with Crippen molar-refractivity contribution in [1.82, 2.24) is 10.6 Å². The minimum Gasteiger partial charge on any atom is -0.332 e. The van der Waals surface area contributed by atoms with Crippen molar-refractivity contribution >= 4 is 13.9 Å². The first-order chi connectivity index (χ1) is 6.15. The molecule has 3 atom stereocenters. The van der Waals surface area contributed by atoms with Gasteiger partial charge >= 0.3 is 6.03 Å². The second-order valence-electron chi connectivity index (χ2n) is 3.96. The summed E-state index contributed by atoms with van der Waals surface area (Å²) in [6, 6.07) is 0.150. The number of rotatable bonds is 0. The molecule has 2 amide bonds. The molecule has 0 bridgehead atoms. The Hall–Kier alpha value is -1.19. The monoisotopic (exact) mass is 172 g/mol. The maximum atomic E-state index is 11.0. The first-order valence-corrected chi connectivity index (χ1v) is 4.39. The first-order valence-electron chi connectivity index (χ1n) is 4.39. The lowest BCUT2D eigenvalue weighted by atomic mass is 9.84. The van der Waals surface area contributed by atoms with E-state index in [1.807, 2.05) is 19.1 Å². The number of carbonyl (C=O) groups excluding carboxylic acids is 1. The molecule has 1 heterocycles. The maximum Gasteiger partial charge on any atom is 0.315 e. The van der Waals surface area contributed by atoms with Crippen molar-refractivity contribution in [2.45, 2.75) is 18.5 Å². The molecule has 2 unspecified atom stereocenters. The molecule has 2 fully saturated rings. The largest absolute Gasteiger partial charge is 0.332 e. The summed E-state index contributed by atoms with van der Waals surface area (Å²) in [4.78, 5) is 11.0. The van der Waals surface area contributed by atoms with Crippen molar-refractivity contribution in [3.63, 3.8) is 0 Å². The van der Waals surface area contributed by atoms with Crippen molar-refractivity contribution < 1.29 is 4.79 Å². The van der Waals surface area contributed by atoms with Crippen LogP contribution in [-0.2, 0) is 0 Å². The van der Waals surface area contributed by atoms with Gasteiger partial charge in [0.2, 0.25) is 0 Å². The van der Waals surface area contributed by atoms with Crippen LogP contribution in [-0.4, -0.2) is 25.5 Å². The van der Waals surface area contributed by atoms with E-state index in [2.05, 4.69) is 10.6 Å². The van der Waals surface area contributed by atoms with Crippen LogP contribution in [0.5, 0.6) is 0 Å². The molecule has 2 radical (unpaired) electrons. The Morgan fingerprint density at radius 3 is 3.15 bits per heavy atom. The Balaban J connectivity index is 2.03. The Bertz CT molecular complexity index is 374. The van der Waals surface area contributed by atoms with Crippen molar-refractivity contribution in [3.8, 4) is 0 Å². The minimum atomic E-state index is -0.149. The van der Waals surface area contributed by atoms with E-state index in [1.165, 1.54) is 5.57 Å². The van der Waals surface area contributed by atoms with Crippen molar-refractivity contribution in [3.05, 3.63) is 23.2 Å². The molecular weight excluding hydrogens is 163 g/mol. The summed E-state index contributed by atoms with van der Waals surface area (Å²) < 4.78 is 0. The van der Waals surface area contributed by atoms with Crippen LogP contribution < -0.4 is 10.6 Å². The van der Waals surface area contributed by atoms with E-state index in [-0.39, 0.29) is 17.6 Å². The van der Waals surface area contributed by atoms with Crippen molar-refractivity contribution in [2.75, 3.05) is 0 Å². The van der Waals surface area contributed by atoms with Gasteiger partial charge < -0.3 is 10.6 Å². The van der Waals surface area contributed by atoms with E-state index >= 15 is 0 Å². The topological polar surface area (TPSA) is 41.1 Å². The molecule has 4 heteroatoms. The van der Waals surface area contributed by atoms with Gasteiger partial charge in [-0.1, -0.05) is 23.2 Å². The summed E-state index contributed by atoms with van der Waals surface area (Å²) >= 11 is 0. The van der Waals surface area contributed by atoms with Gasteiger partial charge in [-0.2, -0.15) is 0 Å². The Morgan fingerprint density at radius 1 is 1.62 bits per heavy atom. The van der Waals surface area contributed by atoms with Crippen molar-refractivity contribution in [2.24, 2.45) is 5.92 Å². The van der Waals surface area contributed by atoms with Crippen LogP contribution >= 0.6 is 0 Å². The van der Waals surface area contributed by atoms with Crippen LogP contribution in [0.3, 0.4) is 0 Å². The second kappa shape index (κ2) is 1.84. The molecule has 3 aliphatic rings. The van der Waals surface area contributed by atoms with Gasteiger partial charge in [-0.3, -0.25) is 0 Å². The number of hydrogen-bond donors (Lipinski definition) is 2. The lowest BCUT2D eigenvalue weighted by Gasteiger charge is -2.17. The van der Waals surface area contributed by atoms with Gasteiger partial charge in [-0.15, -0.1) is 0 Å². The zero-order chi connectivity index (χ0) is 9.22. The van der Waals surface area contributed by atoms with Crippen LogP contribution in [0, 0.1) is 5.92 Å². The molecule has 13 heavy (non-hydrogen) atoms. The van der Waals surface area contributed by atoms with Crippen LogP contribution in [0.25, 0.3) is 0 Å². The molecule has 64 valence electrons. The third-order valence-corrected chi connectivity index (χ3v) is 3.33. The average molecular weight is 172 g/mol. The number of amides is 2. The number of carbonyl (C=O) groups is 1. The van der Waals surface area contributed by atoms with E-state index in [1.54, 1.807) is 0 Å². The molecule has 0 aromatic carbocycles. The molecule has 1 saturated heterocycles. The molecule has 0 aromatic heterocycles. The average Bonchev–Trinajstić information content (AvgIpc) is 2.55. The van der Waals surface area contributed by atoms with Gasteiger partial charge in [0.05, 0.1) is 11.6 Å². The number of urea groups is 1. The fraction of sp³-hybridized carbons (Fsp3) is 0.444. The molecule has 3 rings (SSSR count). The quantitative estimate of drug-likeness (QED) is 0.498. The van der Waals surface area contributed by atoms with Gasteiger partial charge in [0.25, 0.3) is 0 Å². The maximum absolute atomic E-state index is 11.0. The Kier molecular flexibility index (Phi) is 1.02. The number of hydrogen-bond acceptors (Lipinski definition) is 1. The summed E-state index contributed by atoms with van der Waals surface area (Å²) in [5.74, 6) is 0.371. The molecule has 1 saturated carbocycles. The minimum absolute atomic E-state index is 0.0702. The number of fused-ring (bicyclic) bond motifs is 1. The first kappa shape index (κ1) is 7.24. The normalized spacial score (nSPS) is 45.2. The van der Waals surface area contributed by atoms with E-state index in [4.69, 9.17) is 7.85 Å². The fourth-order valence-electron chi connectivity index (χ4n) is 2.54. The van der Waals surface area contributed by atoms with Gasteiger partial charge in [0.15, 0.2) is 0 Å². The lowest BCUT2D eigenvalue weighted by molar-refractivity contribution is 0.243. The highest BCUT2D eigenvalue weighted by molar-refractivity contribution is 6.24. The van der Waals surface area contributed by atoms with E-state index < -0.39 is 0 Å². The van der Waals surface area contributed by atoms with Crippen LogP contribution in [0.4, 0.5) is 4.79 Å². The summed E-state index contributed by atoms with van der Waals surface area (Å²) in [5, 5.41) is 5.81. The summed E-state index contributed by atoms with van der Waals surface area (Å²) in [6.07, 6.45) is 3.89. The van der Waals surface area contributed by atoms with Crippen LogP contribution in [0.15, 0.2) is 23.2 Å². The Labute approximate surface area is 77.7 Å². The molecular formula is C9H9BN2O. The smallest absolute Gasteiger partial charge is 0.315 e. The standard InChI is InChI=1S/C9H9BN2O/c1-4-5(10)2-3-9-6(4)7(9)11-8(13)12-9/h2-3,6-7H,1H3,(H2,11,12,13)/t6-,7?,9?/m1/s1. The number of allylic oxidation sites excluding steroid dienone is 2. The van der Waals surface area contributed by atoms with Crippen LogP contribution in [0.1, 0.15) is 6.92 Å². The third kappa shape index (κ3) is 0.655. The lowest BCUT2D eigenvalue weighted by Crippen LogP contribution is -2.37. The summed E-state index contributed by atoms with van der Waals surface area (Å²) in [7, 11) is 5.78. The molecule has 1 aliphatic heterocycles. The van der Waals surface area contributed by atoms with Crippen molar-refractivity contribution in [1.29, 1.82) is 0 Å². The molecule has 3 nitrogen and oxygen atoms in total. The predicted molar refractivity (Wildman–Crippen MR) is 49.3 cm³/mol. The summed E-state index contributed by atoms with van der Waals surface area (Å²) in [6.45, 7) is 2.03. The van der Waals surface area contributed by atoms with Crippen LogP contribution in [0.2, 0.25) is 0 Å².